The smallest absolute Gasteiger partial charge is 0.244 e. The van der Waals surface area contributed by atoms with E-state index in [0.717, 1.165) is 28.6 Å². The Kier molecular flexibility index (Phi) is 5.95. The van der Waals surface area contributed by atoms with Gasteiger partial charge >= 0.3 is 0 Å². The molecule has 1 aromatic heterocycles. The zero-order valence-corrected chi connectivity index (χ0v) is 16.9. The SMILES string of the molecule is COc1cccc2c(/C=C/C(=O)NCCc3ccccc3-c3ccccc3)c[nH]c12. The number of H-pyrrole nitrogens is 1. The summed E-state index contributed by atoms with van der Waals surface area (Å²) in [6, 6.07) is 24.5. The van der Waals surface area contributed by atoms with Crippen LogP contribution >= 0.6 is 0 Å². The number of amides is 1. The van der Waals surface area contributed by atoms with Crippen LogP contribution in [0.25, 0.3) is 28.1 Å². The summed E-state index contributed by atoms with van der Waals surface area (Å²) in [5, 5.41) is 4.01. The van der Waals surface area contributed by atoms with Gasteiger partial charge in [-0.3, -0.25) is 4.79 Å². The minimum absolute atomic E-state index is 0.107. The van der Waals surface area contributed by atoms with Crippen LogP contribution in [-0.4, -0.2) is 24.5 Å². The number of rotatable bonds is 7. The van der Waals surface area contributed by atoms with E-state index in [4.69, 9.17) is 4.74 Å². The number of benzene rings is 3. The monoisotopic (exact) mass is 396 g/mol. The standard InChI is InChI=1S/C26H24N2O2/c1-30-24-13-7-12-23-21(18-28-26(23)24)14-15-25(29)27-17-16-20-10-5-6-11-22(20)19-8-3-2-4-9-19/h2-15,18,28H,16-17H2,1H3,(H,27,29)/b15-14+. The molecule has 0 unspecified atom stereocenters. The van der Waals surface area contributed by atoms with Crippen molar-refractivity contribution in [1.82, 2.24) is 10.3 Å². The summed E-state index contributed by atoms with van der Waals surface area (Å²) < 4.78 is 5.37. The highest BCUT2D eigenvalue weighted by molar-refractivity contribution is 5.97. The summed E-state index contributed by atoms with van der Waals surface area (Å²) in [5.41, 5.74) is 5.49. The molecule has 0 radical (unpaired) electrons. The van der Waals surface area contributed by atoms with Crippen LogP contribution in [0.15, 0.2) is 85.1 Å². The minimum atomic E-state index is -0.107. The Hall–Kier alpha value is -3.79. The van der Waals surface area contributed by atoms with E-state index in [1.54, 1.807) is 13.2 Å². The fraction of sp³-hybridized carbons (Fsp3) is 0.115. The van der Waals surface area contributed by atoms with Crippen LogP contribution in [0.2, 0.25) is 0 Å². The maximum absolute atomic E-state index is 12.3. The van der Waals surface area contributed by atoms with Gasteiger partial charge in [0.25, 0.3) is 0 Å². The lowest BCUT2D eigenvalue weighted by Gasteiger charge is -2.10. The quantitative estimate of drug-likeness (QED) is 0.421. The van der Waals surface area contributed by atoms with Crippen LogP contribution in [-0.2, 0) is 11.2 Å². The number of methoxy groups -OCH3 is 1. The number of ether oxygens (including phenoxy) is 1. The number of nitrogens with one attached hydrogen (secondary N) is 2. The number of aromatic amines is 1. The van der Waals surface area contributed by atoms with Crippen LogP contribution in [0.5, 0.6) is 5.75 Å². The Morgan fingerprint density at radius 1 is 1.00 bits per heavy atom. The first-order valence-corrected chi connectivity index (χ1v) is 9.99. The predicted molar refractivity (Wildman–Crippen MR) is 122 cm³/mol. The Bertz CT molecular complexity index is 1180. The van der Waals surface area contributed by atoms with Crippen molar-refractivity contribution in [3.05, 3.63) is 96.2 Å². The number of hydrogen-bond donors (Lipinski definition) is 2. The summed E-state index contributed by atoms with van der Waals surface area (Å²) in [5.74, 6) is 0.679. The van der Waals surface area contributed by atoms with E-state index in [0.29, 0.717) is 6.54 Å². The summed E-state index contributed by atoms with van der Waals surface area (Å²) in [6.07, 6.45) is 6.05. The van der Waals surface area contributed by atoms with Gasteiger partial charge in [-0.05, 0) is 35.3 Å². The fourth-order valence-corrected chi connectivity index (χ4v) is 3.64. The summed E-state index contributed by atoms with van der Waals surface area (Å²) >= 11 is 0. The average Bonchev–Trinajstić information content (AvgIpc) is 3.22. The first kappa shape index (κ1) is 19.5. The third-order valence-electron chi connectivity index (χ3n) is 5.14. The summed E-state index contributed by atoms with van der Waals surface area (Å²) in [6.45, 7) is 0.578. The first-order chi connectivity index (χ1) is 14.8. The predicted octanol–water partition coefficient (Wildman–Crippen LogP) is 5.22. The molecule has 3 aromatic carbocycles. The Morgan fingerprint density at radius 2 is 1.80 bits per heavy atom. The van der Waals surface area contributed by atoms with Gasteiger partial charge in [0.15, 0.2) is 0 Å². The van der Waals surface area contributed by atoms with E-state index in [-0.39, 0.29) is 5.91 Å². The number of para-hydroxylation sites is 1. The minimum Gasteiger partial charge on any atom is -0.495 e. The van der Waals surface area contributed by atoms with E-state index < -0.39 is 0 Å². The highest BCUT2D eigenvalue weighted by atomic mass is 16.5. The number of hydrogen-bond acceptors (Lipinski definition) is 2. The van der Waals surface area contributed by atoms with Gasteiger partial charge < -0.3 is 15.0 Å². The summed E-state index contributed by atoms with van der Waals surface area (Å²) in [7, 11) is 1.65. The van der Waals surface area contributed by atoms with E-state index in [9.17, 15) is 4.79 Å². The van der Waals surface area contributed by atoms with Gasteiger partial charge in [-0.1, -0.05) is 66.7 Å². The average molecular weight is 396 g/mol. The lowest BCUT2D eigenvalue weighted by molar-refractivity contribution is -0.116. The van der Waals surface area contributed by atoms with Gasteiger partial charge in [-0.2, -0.15) is 0 Å². The molecule has 0 atom stereocenters. The fourth-order valence-electron chi connectivity index (χ4n) is 3.64. The van der Waals surface area contributed by atoms with E-state index in [2.05, 4.69) is 34.6 Å². The van der Waals surface area contributed by atoms with Gasteiger partial charge in [0, 0.05) is 29.8 Å². The molecular weight excluding hydrogens is 372 g/mol. The maximum atomic E-state index is 12.3. The van der Waals surface area contributed by atoms with Crippen molar-refractivity contribution < 1.29 is 9.53 Å². The third kappa shape index (κ3) is 4.28. The molecular formula is C26H24N2O2. The third-order valence-corrected chi connectivity index (χ3v) is 5.14. The summed E-state index contributed by atoms with van der Waals surface area (Å²) in [4.78, 5) is 15.5. The van der Waals surface area contributed by atoms with Crippen molar-refractivity contribution in [2.45, 2.75) is 6.42 Å². The van der Waals surface area contributed by atoms with Crippen molar-refractivity contribution >= 4 is 22.9 Å². The molecule has 0 aliphatic carbocycles. The molecule has 0 saturated heterocycles. The van der Waals surface area contributed by atoms with Gasteiger partial charge in [-0.15, -0.1) is 0 Å². The molecule has 1 amide bonds. The molecule has 30 heavy (non-hydrogen) atoms. The lowest BCUT2D eigenvalue weighted by atomic mass is 9.98. The van der Waals surface area contributed by atoms with Crippen molar-refractivity contribution in [2.24, 2.45) is 0 Å². The van der Waals surface area contributed by atoms with Crippen LogP contribution in [0.3, 0.4) is 0 Å². The highest BCUT2D eigenvalue weighted by Gasteiger charge is 2.07. The molecule has 4 rings (SSSR count). The normalized spacial score (nSPS) is 11.1. The molecule has 4 heteroatoms. The number of carbonyl (C=O) groups excluding carboxylic acids is 1. The molecule has 150 valence electrons. The molecule has 0 bridgehead atoms. The van der Waals surface area contributed by atoms with Crippen molar-refractivity contribution in [3.63, 3.8) is 0 Å². The largest absolute Gasteiger partial charge is 0.495 e. The van der Waals surface area contributed by atoms with E-state index in [1.807, 2.05) is 60.8 Å². The van der Waals surface area contributed by atoms with Crippen LogP contribution in [0.4, 0.5) is 0 Å². The van der Waals surface area contributed by atoms with E-state index in [1.165, 1.54) is 16.7 Å². The Morgan fingerprint density at radius 3 is 2.63 bits per heavy atom. The molecule has 0 aliphatic rings. The molecule has 2 N–H and O–H groups in total. The molecule has 0 spiro atoms. The molecule has 0 fully saturated rings. The maximum Gasteiger partial charge on any atom is 0.244 e. The molecule has 4 nitrogen and oxygen atoms in total. The Balaban J connectivity index is 1.39. The lowest BCUT2D eigenvalue weighted by Crippen LogP contribution is -2.23. The van der Waals surface area contributed by atoms with Gasteiger partial charge in [-0.25, -0.2) is 0 Å². The zero-order chi connectivity index (χ0) is 20.8. The van der Waals surface area contributed by atoms with Crippen molar-refractivity contribution in [2.75, 3.05) is 13.7 Å². The topological polar surface area (TPSA) is 54.1 Å². The highest BCUT2D eigenvalue weighted by Crippen LogP contribution is 2.27. The molecule has 4 aromatic rings. The molecule has 1 heterocycles. The van der Waals surface area contributed by atoms with Crippen LogP contribution < -0.4 is 10.1 Å². The van der Waals surface area contributed by atoms with Gasteiger partial charge in [0.1, 0.15) is 5.75 Å². The number of fused-ring (bicyclic) bond motifs is 1. The van der Waals surface area contributed by atoms with Crippen LogP contribution in [0.1, 0.15) is 11.1 Å². The molecule has 0 aliphatic heterocycles. The molecule has 0 saturated carbocycles. The number of carbonyl (C=O) groups is 1. The second kappa shape index (κ2) is 9.14. The Labute approximate surface area is 176 Å². The van der Waals surface area contributed by atoms with E-state index >= 15 is 0 Å². The second-order valence-electron chi connectivity index (χ2n) is 7.02. The zero-order valence-electron chi connectivity index (χ0n) is 16.9. The van der Waals surface area contributed by atoms with Crippen molar-refractivity contribution in [1.29, 1.82) is 0 Å². The second-order valence-corrected chi connectivity index (χ2v) is 7.02. The number of aromatic nitrogens is 1. The first-order valence-electron chi connectivity index (χ1n) is 9.99. The van der Waals surface area contributed by atoms with Crippen molar-refractivity contribution in [3.8, 4) is 16.9 Å². The van der Waals surface area contributed by atoms with Gasteiger partial charge in [0.05, 0.1) is 12.6 Å². The van der Waals surface area contributed by atoms with Gasteiger partial charge in [0.2, 0.25) is 5.91 Å². The van der Waals surface area contributed by atoms with Crippen LogP contribution in [0, 0.1) is 0 Å².